The molecule has 0 fully saturated rings. The van der Waals surface area contributed by atoms with Crippen molar-refractivity contribution in [2.24, 2.45) is 0 Å². The number of rotatable bonds is 6. The number of halogens is 3. The van der Waals surface area contributed by atoms with Crippen LogP contribution in [-0.2, 0) is 6.54 Å². The molecule has 1 amide bonds. The summed E-state index contributed by atoms with van der Waals surface area (Å²) in [4.78, 5) is 17.4. The lowest BCUT2D eigenvalue weighted by atomic mass is 10.1. The Morgan fingerprint density at radius 1 is 1.06 bits per heavy atom. The number of aromatic nitrogens is 5. The first kappa shape index (κ1) is 21.7. The van der Waals surface area contributed by atoms with Gasteiger partial charge in [0.2, 0.25) is 0 Å². The van der Waals surface area contributed by atoms with Crippen molar-refractivity contribution in [3.05, 3.63) is 101 Å². The van der Waals surface area contributed by atoms with E-state index in [1.54, 1.807) is 47.3 Å². The smallest absolute Gasteiger partial charge is 0.280 e. The van der Waals surface area contributed by atoms with E-state index in [0.29, 0.717) is 28.6 Å². The van der Waals surface area contributed by atoms with Gasteiger partial charge in [-0.15, -0.1) is 0 Å². The molecule has 34 heavy (non-hydrogen) atoms. The molecule has 1 N–H and O–H groups in total. The van der Waals surface area contributed by atoms with Crippen LogP contribution in [0.2, 0.25) is 5.02 Å². The molecule has 0 saturated carbocycles. The van der Waals surface area contributed by atoms with Gasteiger partial charge in [0.25, 0.3) is 12.3 Å². The van der Waals surface area contributed by atoms with Gasteiger partial charge in [-0.2, -0.15) is 10.2 Å². The second kappa shape index (κ2) is 9.03. The molecule has 5 aromatic rings. The first-order valence-corrected chi connectivity index (χ1v) is 10.7. The van der Waals surface area contributed by atoms with Crippen molar-refractivity contribution in [1.82, 2.24) is 24.4 Å². The molecular formula is C24H17ClF2N6O. The lowest BCUT2D eigenvalue weighted by Gasteiger charge is -2.08. The maximum absolute atomic E-state index is 13.7. The number of hydrogen-bond acceptors (Lipinski definition) is 4. The Balaban J connectivity index is 1.44. The molecule has 0 spiro atoms. The van der Waals surface area contributed by atoms with Crippen molar-refractivity contribution in [3.8, 4) is 11.3 Å². The Morgan fingerprint density at radius 3 is 2.59 bits per heavy atom. The standard InChI is InChI=1S/C24H17ClF2N6O/c25-18-9-5-4-8-16(18)14-32-11-10-21(31-32)30-24(34)17-13-28-33-20(22(26)27)12-19(29-23(17)33)15-6-2-1-3-7-15/h1-13,22H,14H2,(H,30,31,34). The molecular weight excluding hydrogens is 462 g/mol. The summed E-state index contributed by atoms with van der Waals surface area (Å²) >= 11 is 6.20. The second-order valence-corrected chi connectivity index (χ2v) is 7.88. The summed E-state index contributed by atoms with van der Waals surface area (Å²) in [6, 6.07) is 19.2. The normalized spacial score (nSPS) is 11.3. The van der Waals surface area contributed by atoms with E-state index in [4.69, 9.17) is 11.6 Å². The number of amides is 1. The van der Waals surface area contributed by atoms with Crippen LogP contribution in [0.15, 0.2) is 79.1 Å². The third kappa shape index (κ3) is 4.25. The van der Waals surface area contributed by atoms with Gasteiger partial charge >= 0.3 is 0 Å². The minimum absolute atomic E-state index is 0.0321. The van der Waals surface area contributed by atoms with E-state index in [-0.39, 0.29) is 16.9 Å². The van der Waals surface area contributed by atoms with Gasteiger partial charge in [-0.05, 0) is 17.7 Å². The monoisotopic (exact) mass is 478 g/mol. The molecule has 0 radical (unpaired) electrons. The predicted molar refractivity (Wildman–Crippen MR) is 124 cm³/mol. The molecule has 3 heterocycles. The largest absolute Gasteiger partial charge is 0.305 e. The number of carbonyl (C=O) groups is 1. The predicted octanol–water partition coefficient (Wildman–Crippen LogP) is 5.48. The van der Waals surface area contributed by atoms with E-state index < -0.39 is 12.3 Å². The van der Waals surface area contributed by atoms with Crippen LogP contribution in [0.5, 0.6) is 0 Å². The van der Waals surface area contributed by atoms with Crippen molar-refractivity contribution in [2.45, 2.75) is 13.0 Å². The number of benzene rings is 2. The third-order valence-electron chi connectivity index (χ3n) is 5.21. The molecule has 0 aliphatic rings. The number of fused-ring (bicyclic) bond motifs is 1. The van der Waals surface area contributed by atoms with Gasteiger partial charge in [-0.3, -0.25) is 9.48 Å². The molecule has 0 bridgehead atoms. The first-order chi connectivity index (χ1) is 16.5. The highest BCUT2D eigenvalue weighted by molar-refractivity contribution is 6.31. The Labute approximate surface area is 197 Å². The number of anilines is 1. The fourth-order valence-electron chi connectivity index (χ4n) is 3.56. The van der Waals surface area contributed by atoms with Crippen LogP contribution in [0.25, 0.3) is 16.9 Å². The van der Waals surface area contributed by atoms with Crippen molar-refractivity contribution in [1.29, 1.82) is 0 Å². The summed E-state index contributed by atoms with van der Waals surface area (Å²) in [6.45, 7) is 0.423. The second-order valence-electron chi connectivity index (χ2n) is 7.47. The maximum Gasteiger partial charge on any atom is 0.280 e. The average molecular weight is 479 g/mol. The Bertz CT molecular complexity index is 1480. The lowest BCUT2D eigenvalue weighted by Crippen LogP contribution is -2.13. The van der Waals surface area contributed by atoms with Crippen LogP contribution in [0.1, 0.15) is 28.0 Å². The summed E-state index contributed by atoms with van der Waals surface area (Å²) < 4.78 is 30.1. The molecule has 5 rings (SSSR count). The van der Waals surface area contributed by atoms with Crippen LogP contribution >= 0.6 is 11.6 Å². The van der Waals surface area contributed by atoms with Crippen molar-refractivity contribution < 1.29 is 13.6 Å². The highest BCUT2D eigenvalue weighted by Gasteiger charge is 2.22. The molecule has 0 saturated heterocycles. The molecule has 10 heteroatoms. The van der Waals surface area contributed by atoms with Crippen LogP contribution in [0.4, 0.5) is 14.6 Å². The van der Waals surface area contributed by atoms with Crippen molar-refractivity contribution in [2.75, 3.05) is 5.32 Å². The molecule has 0 aliphatic carbocycles. The topological polar surface area (TPSA) is 77.1 Å². The lowest BCUT2D eigenvalue weighted by molar-refractivity contribution is 0.102. The maximum atomic E-state index is 13.7. The SMILES string of the molecule is O=C(Nc1ccn(Cc2ccccc2Cl)n1)c1cnn2c(C(F)F)cc(-c3ccccc3)nc12. The summed E-state index contributed by atoms with van der Waals surface area (Å²) in [5.74, 6) is -0.263. The van der Waals surface area contributed by atoms with E-state index in [1.807, 2.05) is 24.3 Å². The number of carbonyl (C=O) groups excluding carboxylic acids is 1. The summed E-state index contributed by atoms with van der Waals surface area (Å²) in [5, 5.41) is 11.6. The Kier molecular flexibility index (Phi) is 5.77. The molecule has 3 aromatic heterocycles. The van der Waals surface area contributed by atoms with E-state index in [2.05, 4.69) is 20.5 Å². The minimum atomic E-state index is -2.80. The van der Waals surface area contributed by atoms with Crippen LogP contribution in [0.3, 0.4) is 0 Å². The van der Waals surface area contributed by atoms with Crippen LogP contribution in [0, 0.1) is 0 Å². The Hall–Kier alpha value is -4.11. The van der Waals surface area contributed by atoms with Crippen LogP contribution in [-0.4, -0.2) is 30.3 Å². The zero-order valence-corrected chi connectivity index (χ0v) is 18.3. The number of alkyl halides is 2. The highest BCUT2D eigenvalue weighted by atomic mass is 35.5. The quantitative estimate of drug-likeness (QED) is 0.350. The first-order valence-electron chi connectivity index (χ1n) is 10.3. The van der Waals surface area contributed by atoms with E-state index in [1.165, 1.54) is 12.3 Å². The molecule has 7 nitrogen and oxygen atoms in total. The fraction of sp³-hybridized carbons (Fsp3) is 0.0833. The van der Waals surface area contributed by atoms with Crippen molar-refractivity contribution >= 4 is 29.0 Å². The molecule has 0 atom stereocenters. The third-order valence-corrected chi connectivity index (χ3v) is 5.58. The van der Waals surface area contributed by atoms with E-state index in [9.17, 15) is 13.6 Å². The number of nitrogens with one attached hydrogen (secondary N) is 1. The van der Waals surface area contributed by atoms with Gasteiger partial charge in [-0.1, -0.05) is 60.1 Å². The Morgan fingerprint density at radius 2 is 1.82 bits per heavy atom. The zero-order chi connectivity index (χ0) is 23.7. The van der Waals surface area contributed by atoms with Gasteiger partial charge in [0.1, 0.15) is 11.3 Å². The zero-order valence-electron chi connectivity index (χ0n) is 17.6. The average Bonchev–Trinajstić information content (AvgIpc) is 3.47. The van der Waals surface area contributed by atoms with Gasteiger partial charge in [0.15, 0.2) is 11.5 Å². The minimum Gasteiger partial charge on any atom is -0.305 e. The number of hydrogen-bond donors (Lipinski definition) is 1. The van der Waals surface area contributed by atoms with Gasteiger partial charge < -0.3 is 5.32 Å². The number of nitrogens with zero attached hydrogens (tertiary/aromatic N) is 5. The van der Waals surface area contributed by atoms with Gasteiger partial charge in [0.05, 0.1) is 18.4 Å². The summed E-state index contributed by atoms with van der Waals surface area (Å²) in [7, 11) is 0. The molecule has 0 aliphatic heterocycles. The van der Waals surface area contributed by atoms with Crippen molar-refractivity contribution in [3.63, 3.8) is 0 Å². The summed E-state index contributed by atoms with van der Waals surface area (Å²) in [5.41, 5.74) is 1.58. The van der Waals surface area contributed by atoms with E-state index >= 15 is 0 Å². The van der Waals surface area contributed by atoms with E-state index in [0.717, 1.165) is 10.1 Å². The molecule has 2 aromatic carbocycles. The fourth-order valence-corrected chi connectivity index (χ4v) is 3.76. The van der Waals surface area contributed by atoms with Crippen LogP contribution < -0.4 is 5.32 Å². The molecule has 170 valence electrons. The van der Waals surface area contributed by atoms with Gasteiger partial charge in [0, 0.05) is 22.8 Å². The highest BCUT2D eigenvalue weighted by Crippen LogP contribution is 2.27. The molecule has 0 unspecified atom stereocenters. The summed E-state index contributed by atoms with van der Waals surface area (Å²) in [6.07, 6.45) is 0.124. The van der Waals surface area contributed by atoms with Gasteiger partial charge in [-0.25, -0.2) is 18.3 Å².